The van der Waals surface area contributed by atoms with Crippen molar-refractivity contribution in [2.45, 2.75) is 13.8 Å². The number of aromatic nitrogens is 1. The Morgan fingerprint density at radius 1 is 1.50 bits per heavy atom. The van der Waals surface area contributed by atoms with Gasteiger partial charge in [0, 0.05) is 25.9 Å². The van der Waals surface area contributed by atoms with Gasteiger partial charge in [-0.15, -0.1) is 0 Å². The van der Waals surface area contributed by atoms with E-state index in [-0.39, 0.29) is 0 Å². The Morgan fingerprint density at radius 2 is 2.31 bits per heavy atom. The standard InChI is InChI=1S/C12H17N3O/c1-3-15(7-8-16-4-2)12-9-11(10-13)5-6-14-12/h5-6,9H,3-4,7-8H2,1-2H3. The molecule has 0 N–H and O–H groups in total. The molecule has 0 radical (unpaired) electrons. The van der Waals surface area contributed by atoms with Crippen molar-refractivity contribution < 1.29 is 4.74 Å². The Balaban J connectivity index is 2.67. The Bertz CT molecular complexity index is 360. The molecule has 0 unspecified atom stereocenters. The summed E-state index contributed by atoms with van der Waals surface area (Å²) >= 11 is 0. The highest BCUT2D eigenvalue weighted by Crippen LogP contribution is 2.11. The number of anilines is 1. The van der Waals surface area contributed by atoms with E-state index in [1.165, 1.54) is 0 Å². The van der Waals surface area contributed by atoms with Crippen LogP contribution in [0, 0.1) is 11.3 Å². The van der Waals surface area contributed by atoms with Crippen molar-refractivity contribution in [3.63, 3.8) is 0 Å². The lowest BCUT2D eigenvalue weighted by Gasteiger charge is -2.21. The lowest BCUT2D eigenvalue weighted by atomic mass is 10.3. The maximum atomic E-state index is 8.81. The number of nitrogens with zero attached hydrogens (tertiary/aromatic N) is 3. The van der Waals surface area contributed by atoms with Gasteiger partial charge in [-0.1, -0.05) is 0 Å². The summed E-state index contributed by atoms with van der Waals surface area (Å²) in [7, 11) is 0. The molecule has 1 aromatic rings. The summed E-state index contributed by atoms with van der Waals surface area (Å²) in [6.07, 6.45) is 1.66. The van der Waals surface area contributed by atoms with Crippen molar-refractivity contribution >= 4 is 5.82 Å². The van der Waals surface area contributed by atoms with Gasteiger partial charge < -0.3 is 9.64 Å². The Labute approximate surface area is 96.5 Å². The molecular formula is C12H17N3O. The van der Waals surface area contributed by atoms with Crippen LogP contribution in [0.4, 0.5) is 5.82 Å². The minimum absolute atomic E-state index is 0.639. The van der Waals surface area contributed by atoms with Gasteiger partial charge in [0.2, 0.25) is 0 Å². The topological polar surface area (TPSA) is 49.1 Å². The third-order valence-corrected chi connectivity index (χ3v) is 2.29. The summed E-state index contributed by atoms with van der Waals surface area (Å²) in [6, 6.07) is 5.62. The van der Waals surface area contributed by atoms with Crippen LogP contribution >= 0.6 is 0 Å². The number of hydrogen-bond acceptors (Lipinski definition) is 4. The second kappa shape index (κ2) is 6.81. The zero-order valence-electron chi connectivity index (χ0n) is 9.81. The highest BCUT2D eigenvalue weighted by atomic mass is 16.5. The van der Waals surface area contributed by atoms with Crippen LogP contribution in [0.15, 0.2) is 18.3 Å². The van der Waals surface area contributed by atoms with Crippen LogP contribution in [0.25, 0.3) is 0 Å². The molecule has 0 fully saturated rings. The van der Waals surface area contributed by atoms with Gasteiger partial charge in [0.15, 0.2) is 0 Å². The summed E-state index contributed by atoms with van der Waals surface area (Å²) in [6.45, 7) is 7.10. The summed E-state index contributed by atoms with van der Waals surface area (Å²) in [5, 5.41) is 8.81. The summed E-state index contributed by atoms with van der Waals surface area (Å²) < 4.78 is 5.31. The Kier molecular flexibility index (Phi) is 5.30. The molecule has 0 saturated heterocycles. The van der Waals surface area contributed by atoms with Gasteiger partial charge in [-0.2, -0.15) is 5.26 Å². The van der Waals surface area contributed by atoms with E-state index in [0.29, 0.717) is 12.2 Å². The van der Waals surface area contributed by atoms with Crippen LogP contribution in [0.2, 0.25) is 0 Å². The monoisotopic (exact) mass is 219 g/mol. The molecular weight excluding hydrogens is 202 g/mol. The van der Waals surface area contributed by atoms with E-state index in [4.69, 9.17) is 10.00 Å². The normalized spacial score (nSPS) is 9.81. The number of nitriles is 1. The molecule has 0 aromatic carbocycles. The van der Waals surface area contributed by atoms with Crippen molar-refractivity contribution in [3.8, 4) is 6.07 Å². The molecule has 86 valence electrons. The predicted octanol–water partition coefficient (Wildman–Crippen LogP) is 1.82. The van der Waals surface area contributed by atoms with E-state index >= 15 is 0 Å². The second-order valence-corrected chi connectivity index (χ2v) is 3.29. The van der Waals surface area contributed by atoms with Crippen molar-refractivity contribution in [2.75, 3.05) is 31.2 Å². The lowest BCUT2D eigenvalue weighted by Crippen LogP contribution is -2.28. The van der Waals surface area contributed by atoms with Gasteiger partial charge >= 0.3 is 0 Å². The summed E-state index contributed by atoms with van der Waals surface area (Å²) in [5.74, 6) is 0.834. The fourth-order valence-electron chi connectivity index (χ4n) is 1.41. The van der Waals surface area contributed by atoms with E-state index in [2.05, 4.69) is 22.9 Å². The van der Waals surface area contributed by atoms with E-state index < -0.39 is 0 Å². The van der Waals surface area contributed by atoms with E-state index in [0.717, 1.165) is 25.5 Å². The first-order valence-electron chi connectivity index (χ1n) is 5.50. The molecule has 0 bridgehead atoms. The molecule has 0 saturated carbocycles. The molecule has 4 heteroatoms. The minimum Gasteiger partial charge on any atom is -0.380 e. The molecule has 0 aliphatic rings. The first-order chi connectivity index (χ1) is 7.81. The molecule has 4 nitrogen and oxygen atoms in total. The molecule has 1 aromatic heterocycles. The van der Waals surface area contributed by atoms with E-state index in [1.807, 2.05) is 6.92 Å². The third kappa shape index (κ3) is 3.52. The molecule has 0 aliphatic carbocycles. The van der Waals surface area contributed by atoms with Crippen molar-refractivity contribution in [1.29, 1.82) is 5.26 Å². The maximum Gasteiger partial charge on any atom is 0.129 e. The van der Waals surface area contributed by atoms with E-state index in [9.17, 15) is 0 Å². The number of ether oxygens (including phenoxy) is 1. The van der Waals surface area contributed by atoms with Crippen LogP contribution < -0.4 is 4.90 Å². The number of pyridine rings is 1. The van der Waals surface area contributed by atoms with Crippen LogP contribution in [0.5, 0.6) is 0 Å². The fraction of sp³-hybridized carbons (Fsp3) is 0.500. The SMILES string of the molecule is CCOCCN(CC)c1cc(C#N)ccn1. The Morgan fingerprint density at radius 3 is 2.94 bits per heavy atom. The smallest absolute Gasteiger partial charge is 0.129 e. The van der Waals surface area contributed by atoms with Gasteiger partial charge in [-0.25, -0.2) is 4.98 Å². The largest absolute Gasteiger partial charge is 0.380 e. The molecule has 1 rings (SSSR count). The molecule has 16 heavy (non-hydrogen) atoms. The third-order valence-electron chi connectivity index (χ3n) is 2.29. The summed E-state index contributed by atoms with van der Waals surface area (Å²) in [4.78, 5) is 6.35. The maximum absolute atomic E-state index is 8.81. The summed E-state index contributed by atoms with van der Waals surface area (Å²) in [5.41, 5.74) is 0.639. The number of hydrogen-bond donors (Lipinski definition) is 0. The minimum atomic E-state index is 0.639. The van der Waals surface area contributed by atoms with Crippen LogP contribution in [-0.4, -0.2) is 31.3 Å². The van der Waals surface area contributed by atoms with Crippen molar-refractivity contribution in [2.24, 2.45) is 0 Å². The van der Waals surface area contributed by atoms with Gasteiger partial charge in [-0.3, -0.25) is 0 Å². The van der Waals surface area contributed by atoms with Crippen molar-refractivity contribution in [1.82, 2.24) is 4.98 Å². The predicted molar refractivity (Wildman–Crippen MR) is 63.3 cm³/mol. The zero-order chi connectivity index (χ0) is 11.8. The van der Waals surface area contributed by atoms with Gasteiger partial charge in [0.25, 0.3) is 0 Å². The van der Waals surface area contributed by atoms with Crippen LogP contribution in [0.3, 0.4) is 0 Å². The van der Waals surface area contributed by atoms with Gasteiger partial charge in [0.05, 0.1) is 18.2 Å². The Hall–Kier alpha value is -1.60. The van der Waals surface area contributed by atoms with E-state index in [1.54, 1.807) is 18.3 Å². The van der Waals surface area contributed by atoms with Crippen LogP contribution in [0.1, 0.15) is 19.4 Å². The molecule has 0 atom stereocenters. The molecule has 0 aliphatic heterocycles. The second-order valence-electron chi connectivity index (χ2n) is 3.29. The average Bonchev–Trinajstić information content (AvgIpc) is 2.35. The average molecular weight is 219 g/mol. The fourth-order valence-corrected chi connectivity index (χ4v) is 1.41. The van der Waals surface area contributed by atoms with Crippen molar-refractivity contribution in [3.05, 3.63) is 23.9 Å². The number of rotatable bonds is 6. The first kappa shape index (κ1) is 12.5. The van der Waals surface area contributed by atoms with Crippen LogP contribution in [-0.2, 0) is 4.74 Å². The first-order valence-corrected chi connectivity index (χ1v) is 5.50. The highest BCUT2D eigenvalue weighted by Gasteiger charge is 2.05. The van der Waals surface area contributed by atoms with Gasteiger partial charge in [0.1, 0.15) is 5.82 Å². The lowest BCUT2D eigenvalue weighted by molar-refractivity contribution is 0.154. The molecule has 1 heterocycles. The zero-order valence-corrected chi connectivity index (χ0v) is 9.81. The van der Waals surface area contributed by atoms with Gasteiger partial charge in [-0.05, 0) is 26.0 Å². The highest BCUT2D eigenvalue weighted by molar-refractivity contribution is 5.44. The molecule has 0 amide bonds. The quantitative estimate of drug-likeness (QED) is 0.685. The molecule has 0 spiro atoms. The number of likely N-dealkylation sites (N-methyl/N-ethyl adjacent to an activating group) is 1.